The molecule has 104 valence electrons. The second kappa shape index (κ2) is 6.68. The average Bonchev–Trinajstić information content (AvgIpc) is 2.92. The first-order valence-corrected chi connectivity index (χ1v) is 7.19. The zero-order valence-corrected chi connectivity index (χ0v) is 11.4. The van der Waals surface area contributed by atoms with E-state index in [2.05, 4.69) is 6.07 Å². The number of ether oxygens (including phenoxy) is 1. The lowest BCUT2D eigenvalue weighted by atomic mass is 10.2. The first kappa shape index (κ1) is 14.0. The van der Waals surface area contributed by atoms with Crippen LogP contribution in [0.15, 0.2) is 17.5 Å². The maximum atomic E-state index is 12.0. The van der Waals surface area contributed by atoms with Crippen molar-refractivity contribution in [3.05, 3.63) is 22.4 Å². The zero-order valence-electron chi connectivity index (χ0n) is 10.6. The molecule has 1 amide bonds. The molecule has 2 heterocycles. The molecule has 0 aromatic carbocycles. The number of amides is 1. The van der Waals surface area contributed by atoms with Crippen LogP contribution in [0.2, 0.25) is 0 Å². The summed E-state index contributed by atoms with van der Waals surface area (Å²) < 4.78 is 5.09. The van der Waals surface area contributed by atoms with E-state index in [1.807, 2.05) is 11.4 Å². The number of hydrogen-bond donors (Lipinski definition) is 1. The molecular formula is C13H17NO4S. The highest BCUT2D eigenvalue weighted by atomic mass is 32.1. The predicted molar refractivity (Wildman–Crippen MR) is 71.2 cm³/mol. The van der Waals surface area contributed by atoms with Gasteiger partial charge in [-0.25, -0.2) is 4.79 Å². The molecule has 0 saturated carbocycles. The summed E-state index contributed by atoms with van der Waals surface area (Å²) in [5.41, 5.74) is 0. The molecule has 1 N–H and O–H groups in total. The van der Waals surface area contributed by atoms with Gasteiger partial charge in [0.05, 0.1) is 13.2 Å². The van der Waals surface area contributed by atoms with E-state index in [4.69, 9.17) is 9.84 Å². The van der Waals surface area contributed by atoms with Crippen LogP contribution >= 0.6 is 11.3 Å². The molecule has 19 heavy (non-hydrogen) atoms. The molecule has 0 bridgehead atoms. The number of aryl methyl sites for hydroxylation is 1. The van der Waals surface area contributed by atoms with Crippen LogP contribution in [0.1, 0.15) is 17.7 Å². The SMILES string of the molecule is O=C(O)C1CN(C(=O)CCCc2cccs2)CCO1. The van der Waals surface area contributed by atoms with Gasteiger partial charge in [-0.1, -0.05) is 6.07 Å². The molecule has 1 unspecified atom stereocenters. The molecule has 0 spiro atoms. The molecule has 5 nitrogen and oxygen atoms in total. The molecule has 2 rings (SSSR count). The molecule has 1 aromatic heterocycles. The fraction of sp³-hybridized carbons (Fsp3) is 0.538. The first-order chi connectivity index (χ1) is 9.16. The van der Waals surface area contributed by atoms with Gasteiger partial charge in [0.2, 0.25) is 5.91 Å². The minimum atomic E-state index is -1.00. The summed E-state index contributed by atoms with van der Waals surface area (Å²) in [5, 5.41) is 10.9. The van der Waals surface area contributed by atoms with E-state index < -0.39 is 12.1 Å². The third-order valence-electron chi connectivity index (χ3n) is 3.09. The number of aliphatic carboxylic acids is 1. The third-order valence-corrected chi connectivity index (χ3v) is 4.02. The van der Waals surface area contributed by atoms with Crippen LogP contribution < -0.4 is 0 Å². The number of thiophene rings is 1. The quantitative estimate of drug-likeness (QED) is 0.886. The third kappa shape index (κ3) is 4.04. The number of rotatable bonds is 5. The Labute approximate surface area is 115 Å². The fourth-order valence-corrected chi connectivity index (χ4v) is 2.80. The summed E-state index contributed by atoms with van der Waals surface area (Å²) in [6, 6.07) is 4.06. The largest absolute Gasteiger partial charge is 0.479 e. The van der Waals surface area contributed by atoms with Gasteiger partial charge in [-0.3, -0.25) is 4.79 Å². The highest BCUT2D eigenvalue weighted by Gasteiger charge is 2.28. The topological polar surface area (TPSA) is 66.8 Å². The van der Waals surface area contributed by atoms with Gasteiger partial charge in [0.1, 0.15) is 0 Å². The van der Waals surface area contributed by atoms with Crippen molar-refractivity contribution < 1.29 is 19.4 Å². The minimum absolute atomic E-state index is 0.0195. The van der Waals surface area contributed by atoms with Crippen LogP contribution in [0.25, 0.3) is 0 Å². The van der Waals surface area contributed by atoms with Crippen LogP contribution in [0.4, 0.5) is 0 Å². The number of hydrogen-bond acceptors (Lipinski definition) is 4. The van der Waals surface area contributed by atoms with Crippen LogP contribution in [0, 0.1) is 0 Å². The summed E-state index contributed by atoms with van der Waals surface area (Å²) in [6.45, 7) is 0.947. The Morgan fingerprint density at radius 1 is 1.53 bits per heavy atom. The van der Waals surface area contributed by atoms with E-state index in [0.29, 0.717) is 19.6 Å². The van der Waals surface area contributed by atoms with Gasteiger partial charge in [-0.05, 0) is 24.3 Å². The van der Waals surface area contributed by atoms with Gasteiger partial charge in [-0.2, -0.15) is 0 Å². The smallest absolute Gasteiger partial charge is 0.334 e. The Bertz CT molecular complexity index is 432. The van der Waals surface area contributed by atoms with Crippen LogP contribution in [0.3, 0.4) is 0 Å². The maximum Gasteiger partial charge on any atom is 0.334 e. The lowest BCUT2D eigenvalue weighted by molar-refractivity contribution is -0.159. The molecule has 1 aliphatic heterocycles. The zero-order chi connectivity index (χ0) is 13.7. The summed E-state index contributed by atoms with van der Waals surface area (Å²) in [7, 11) is 0. The summed E-state index contributed by atoms with van der Waals surface area (Å²) in [5.74, 6) is -0.984. The molecule has 1 fully saturated rings. The van der Waals surface area contributed by atoms with Crippen LogP contribution in [0.5, 0.6) is 0 Å². The molecule has 6 heteroatoms. The van der Waals surface area contributed by atoms with E-state index in [-0.39, 0.29) is 12.5 Å². The van der Waals surface area contributed by atoms with Crippen molar-refractivity contribution in [3.8, 4) is 0 Å². The lowest BCUT2D eigenvalue weighted by Gasteiger charge is -2.30. The fourth-order valence-electron chi connectivity index (χ4n) is 2.05. The Kier molecular flexibility index (Phi) is 4.93. The summed E-state index contributed by atoms with van der Waals surface area (Å²) >= 11 is 1.69. The molecular weight excluding hydrogens is 266 g/mol. The van der Waals surface area contributed by atoms with Crippen molar-refractivity contribution in [2.45, 2.75) is 25.4 Å². The van der Waals surface area contributed by atoms with Crippen molar-refractivity contribution in [3.63, 3.8) is 0 Å². The number of carbonyl (C=O) groups is 2. The van der Waals surface area contributed by atoms with Gasteiger partial charge >= 0.3 is 5.97 Å². The lowest BCUT2D eigenvalue weighted by Crippen LogP contribution is -2.48. The van der Waals surface area contributed by atoms with Gasteiger partial charge < -0.3 is 14.7 Å². The normalized spacial score (nSPS) is 19.4. The first-order valence-electron chi connectivity index (χ1n) is 6.31. The Balaban J connectivity index is 1.74. The number of carboxylic acid groups (broad SMARTS) is 1. The maximum absolute atomic E-state index is 12.0. The molecule has 1 atom stereocenters. The number of carbonyl (C=O) groups excluding carboxylic acids is 1. The highest BCUT2D eigenvalue weighted by molar-refractivity contribution is 7.09. The van der Waals surface area contributed by atoms with Gasteiger partial charge in [-0.15, -0.1) is 11.3 Å². The Hall–Kier alpha value is -1.40. The minimum Gasteiger partial charge on any atom is -0.479 e. The molecule has 1 saturated heterocycles. The predicted octanol–water partition coefficient (Wildman–Crippen LogP) is 1.38. The van der Waals surface area contributed by atoms with Crippen molar-refractivity contribution >= 4 is 23.2 Å². The van der Waals surface area contributed by atoms with Crippen LogP contribution in [-0.2, 0) is 20.7 Å². The molecule has 1 aliphatic rings. The molecule has 0 aliphatic carbocycles. The van der Waals surface area contributed by atoms with E-state index >= 15 is 0 Å². The van der Waals surface area contributed by atoms with E-state index in [1.54, 1.807) is 16.2 Å². The Morgan fingerprint density at radius 3 is 3.05 bits per heavy atom. The Morgan fingerprint density at radius 2 is 2.37 bits per heavy atom. The van der Waals surface area contributed by atoms with Crippen molar-refractivity contribution in [1.29, 1.82) is 0 Å². The van der Waals surface area contributed by atoms with Crippen molar-refractivity contribution in [2.24, 2.45) is 0 Å². The summed E-state index contributed by atoms with van der Waals surface area (Å²) in [6.07, 6.45) is 1.28. The second-order valence-electron chi connectivity index (χ2n) is 4.47. The monoisotopic (exact) mass is 283 g/mol. The van der Waals surface area contributed by atoms with E-state index in [1.165, 1.54) is 4.88 Å². The molecule has 0 radical (unpaired) electrons. The standard InChI is InChI=1S/C13H17NO4S/c15-12(5-1-3-10-4-2-8-19-10)14-6-7-18-11(9-14)13(16)17/h2,4,8,11H,1,3,5-7,9H2,(H,16,17). The van der Waals surface area contributed by atoms with Gasteiger partial charge in [0.25, 0.3) is 0 Å². The van der Waals surface area contributed by atoms with Gasteiger partial charge in [0.15, 0.2) is 6.10 Å². The summed E-state index contributed by atoms with van der Waals surface area (Å²) in [4.78, 5) is 25.7. The number of morpholine rings is 1. The highest BCUT2D eigenvalue weighted by Crippen LogP contribution is 2.13. The number of nitrogens with zero attached hydrogens (tertiary/aromatic N) is 1. The molecule has 1 aromatic rings. The number of carboxylic acids is 1. The van der Waals surface area contributed by atoms with Crippen LogP contribution in [-0.4, -0.2) is 47.7 Å². The van der Waals surface area contributed by atoms with Crippen molar-refractivity contribution in [2.75, 3.05) is 19.7 Å². The van der Waals surface area contributed by atoms with E-state index in [0.717, 1.165) is 12.8 Å². The van der Waals surface area contributed by atoms with Crippen molar-refractivity contribution in [1.82, 2.24) is 4.90 Å². The van der Waals surface area contributed by atoms with Gasteiger partial charge in [0, 0.05) is 17.8 Å². The average molecular weight is 283 g/mol. The second-order valence-corrected chi connectivity index (χ2v) is 5.50. The van der Waals surface area contributed by atoms with E-state index in [9.17, 15) is 9.59 Å².